The summed E-state index contributed by atoms with van der Waals surface area (Å²) in [4.78, 5) is 4.58. The monoisotopic (exact) mass is 537 g/mol. The van der Waals surface area contributed by atoms with Crippen molar-refractivity contribution in [2.45, 2.75) is 91.4 Å². The molecule has 3 rings (SSSR count). The van der Waals surface area contributed by atoms with Crippen LogP contribution >= 0.6 is 11.6 Å². The summed E-state index contributed by atoms with van der Waals surface area (Å²) in [6.07, 6.45) is 10.2. The fourth-order valence-corrected chi connectivity index (χ4v) is 4.84. The highest BCUT2D eigenvalue weighted by atomic mass is 35.5. The Morgan fingerprint density at radius 1 is 1.11 bits per heavy atom. The fourth-order valence-electron chi connectivity index (χ4n) is 3.85. The number of hydrogen-bond donors (Lipinski definition) is 2. The van der Waals surface area contributed by atoms with Gasteiger partial charge in [0, 0.05) is 12.5 Å². The molecule has 3 aromatic rings. The fraction of sp³-hybridized carbons (Fsp3) is 0.615. The lowest BCUT2D eigenvalue weighted by molar-refractivity contribution is 0.296. The number of aryl methyl sites for hydroxylation is 2. The first-order valence-electron chi connectivity index (χ1n) is 13.1. The third-order valence-corrected chi connectivity index (χ3v) is 7.20. The van der Waals surface area contributed by atoms with Crippen molar-refractivity contribution in [2.75, 3.05) is 13.2 Å². The third kappa shape index (κ3) is 8.21. The van der Waals surface area contributed by atoms with Crippen molar-refractivity contribution in [1.82, 2.24) is 24.5 Å². The van der Waals surface area contributed by atoms with Gasteiger partial charge in [-0.2, -0.15) is 8.84 Å². The SMILES string of the molecule is CCCCCCCCOc1ccc(C)cc1OS(=O)NCC(C)c1nc2c(Cl)c(CCCC)[nH]n2n1. The molecular formula is C26H40ClN5O3S. The minimum Gasteiger partial charge on any atom is -0.490 e. The van der Waals surface area contributed by atoms with E-state index in [1.54, 1.807) is 4.63 Å². The molecule has 36 heavy (non-hydrogen) atoms. The highest BCUT2D eigenvalue weighted by molar-refractivity contribution is 7.78. The second-order valence-electron chi connectivity index (χ2n) is 9.35. The Bertz CT molecular complexity index is 1120. The maximum absolute atomic E-state index is 12.7. The van der Waals surface area contributed by atoms with Crippen LogP contribution in [0.3, 0.4) is 0 Å². The van der Waals surface area contributed by atoms with Gasteiger partial charge >= 0.3 is 0 Å². The van der Waals surface area contributed by atoms with Crippen molar-refractivity contribution < 1.29 is 13.1 Å². The Morgan fingerprint density at radius 3 is 2.61 bits per heavy atom. The van der Waals surface area contributed by atoms with Gasteiger partial charge < -0.3 is 8.92 Å². The molecule has 0 bridgehead atoms. The van der Waals surface area contributed by atoms with Gasteiger partial charge in [-0.05, 0) is 43.9 Å². The van der Waals surface area contributed by atoms with Gasteiger partial charge in [0.05, 0.1) is 12.3 Å². The summed E-state index contributed by atoms with van der Waals surface area (Å²) < 4.78 is 28.8. The Hall–Kier alpha value is -2.10. The number of fused-ring (bicyclic) bond motifs is 1. The summed E-state index contributed by atoms with van der Waals surface area (Å²) in [5, 5.41) is 8.34. The average Bonchev–Trinajstić information content (AvgIpc) is 3.41. The van der Waals surface area contributed by atoms with Crippen LogP contribution in [0.4, 0.5) is 0 Å². The number of H-pyrrole nitrogens is 1. The summed E-state index contributed by atoms with van der Waals surface area (Å²) in [7, 11) is 0. The van der Waals surface area contributed by atoms with Gasteiger partial charge in [0.2, 0.25) is 0 Å². The molecule has 0 fully saturated rings. The quantitative estimate of drug-likeness (QED) is 0.193. The summed E-state index contributed by atoms with van der Waals surface area (Å²) in [5.41, 5.74) is 2.58. The number of nitrogens with zero attached hydrogens (tertiary/aromatic N) is 3. The predicted molar refractivity (Wildman–Crippen MR) is 146 cm³/mol. The predicted octanol–water partition coefficient (Wildman–Crippen LogP) is 6.45. The van der Waals surface area contributed by atoms with E-state index in [1.165, 1.54) is 25.7 Å². The van der Waals surface area contributed by atoms with E-state index in [2.05, 4.69) is 33.8 Å². The van der Waals surface area contributed by atoms with Crippen LogP contribution in [0.2, 0.25) is 5.02 Å². The molecule has 10 heteroatoms. The van der Waals surface area contributed by atoms with E-state index in [9.17, 15) is 4.21 Å². The number of aromatic amines is 1. The van der Waals surface area contributed by atoms with E-state index < -0.39 is 11.3 Å². The number of unbranched alkanes of at least 4 members (excludes halogenated alkanes) is 6. The maximum atomic E-state index is 12.7. The number of halogens is 1. The van der Waals surface area contributed by atoms with Gasteiger partial charge in [0.25, 0.3) is 11.3 Å². The van der Waals surface area contributed by atoms with Crippen LogP contribution in [0.5, 0.6) is 11.5 Å². The second kappa shape index (κ2) is 14.6. The molecule has 0 aliphatic heterocycles. The average molecular weight is 538 g/mol. The largest absolute Gasteiger partial charge is 0.490 e. The smallest absolute Gasteiger partial charge is 0.288 e. The molecule has 2 atom stereocenters. The minimum atomic E-state index is -1.74. The molecule has 2 N–H and O–H groups in total. The molecule has 0 amide bonds. The lowest BCUT2D eigenvalue weighted by Crippen LogP contribution is -2.26. The highest BCUT2D eigenvalue weighted by Gasteiger charge is 2.19. The van der Waals surface area contributed by atoms with Crippen LogP contribution in [0.1, 0.15) is 95.1 Å². The Morgan fingerprint density at radius 2 is 1.86 bits per heavy atom. The first-order chi connectivity index (χ1) is 17.4. The maximum Gasteiger partial charge on any atom is 0.288 e. The van der Waals surface area contributed by atoms with Gasteiger partial charge in [0.15, 0.2) is 23.0 Å². The van der Waals surface area contributed by atoms with E-state index in [0.717, 1.165) is 43.4 Å². The molecule has 8 nitrogen and oxygen atoms in total. The van der Waals surface area contributed by atoms with Gasteiger partial charge in [-0.1, -0.05) is 77.0 Å². The molecule has 1 aromatic carbocycles. The standard InChI is InChI=1S/C26H40ClN5O3S/c1-5-7-9-10-11-12-16-34-22-15-14-19(3)17-23(22)35-36(33)28-18-20(4)25-29-26-24(27)21(13-8-6-2)30-32(26)31-25/h14-15,17,20,28,30H,5-13,16,18H2,1-4H3. The van der Waals surface area contributed by atoms with Gasteiger partial charge in [0.1, 0.15) is 5.02 Å². The molecule has 2 heterocycles. The summed E-state index contributed by atoms with van der Waals surface area (Å²) in [6, 6.07) is 5.68. The molecule has 0 saturated heterocycles. The van der Waals surface area contributed by atoms with Crippen LogP contribution in [-0.2, 0) is 17.7 Å². The number of nitrogens with one attached hydrogen (secondary N) is 2. The topological polar surface area (TPSA) is 93.5 Å². The summed E-state index contributed by atoms with van der Waals surface area (Å²) >= 11 is 4.74. The van der Waals surface area contributed by atoms with E-state index in [1.807, 2.05) is 32.0 Å². The molecule has 0 aliphatic carbocycles. The van der Waals surface area contributed by atoms with E-state index in [4.69, 9.17) is 20.5 Å². The number of rotatable bonds is 17. The first-order valence-corrected chi connectivity index (χ1v) is 14.6. The molecule has 200 valence electrons. The molecule has 0 saturated carbocycles. The van der Waals surface area contributed by atoms with Gasteiger partial charge in [-0.3, -0.25) is 5.10 Å². The van der Waals surface area contributed by atoms with E-state index in [-0.39, 0.29) is 5.92 Å². The zero-order chi connectivity index (χ0) is 25.9. The van der Waals surface area contributed by atoms with Crippen LogP contribution in [0, 0.1) is 6.92 Å². The Balaban J connectivity index is 1.50. The Labute approximate surface area is 222 Å². The summed E-state index contributed by atoms with van der Waals surface area (Å²) in [5.74, 6) is 1.60. The van der Waals surface area contributed by atoms with Crippen molar-refractivity contribution in [3.05, 3.63) is 40.3 Å². The highest BCUT2D eigenvalue weighted by Crippen LogP contribution is 2.29. The third-order valence-electron chi connectivity index (χ3n) is 6.07. The number of benzene rings is 1. The molecule has 0 spiro atoms. The lowest BCUT2D eigenvalue weighted by atomic mass is 10.1. The van der Waals surface area contributed by atoms with Gasteiger partial charge in [-0.25, -0.2) is 9.71 Å². The second-order valence-corrected chi connectivity index (χ2v) is 10.6. The van der Waals surface area contributed by atoms with Crippen LogP contribution < -0.4 is 13.6 Å². The molecule has 0 aliphatic rings. The van der Waals surface area contributed by atoms with Gasteiger partial charge in [-0.15, -0.1) is 5.10 Å². The van der Waals surface area contributed by atoms with Crippen molar-refractivity contribution >= 4 is 28.5 Å². The van der Waals surface area contributed by atoms with Crippen LogP contribution in [0.15, 0.2) is 18.2 Å². The molecular weight excluding hydrogens is 498 g/mol. The van der Waals surface area contributed by atoms with Crippen LogP contribution in [0.25, 0.3) is 5.65 Å². The van der Waals surface area contributed by atoms with Crippen molar-refractivity contribution in [3.63, 3.8) is 0 Å². The Kier molecular flexibility index (Phi) is 11.5. The van der Waals surface area contributed by atoms with Crippen molar-refractivity contribution in [3.8, 4) is 11.5 Å². The normalized spacial score (nSPS) is 13.2. The number of aromatic nitrogens is 4. The summed E-state index contributed by atoms with van der Waals surface area (Å²) in [6.45, 7) is 9.28. The zero-order valence-electron chi connectivity index (χ0n) is 21.9. The lowest BCUT2D eigenvalue weighted by Gasteiger charge is -2.14. The number of hydrogen-bond acceptors (Lipinski definition) is 5. The van der Waals surface area contributed by atoms with Crippen LogP contribution in [-0.4, -0.2) is 37.2 Å². The van der Waals surface area contributed by atoms with E-state index >= 15 is 0 Å². The molecule has 2 unspecified atom stereocenters. The minimum absolute atomic E-state index is 0.0954. The van der Waals surface area contributed by atoms with E-state index in [0.29, 0.717) is 41.1 Å². The number of ether oxygens (including phenoxy) is 1. The first kappa shape index (κ1) is 28.5. The van der Waals surface area contributed by atoms with Crippen molar-refractivity contribution in [2.24, 2.45) is 0 Å². The molecule has 0 radical (unpaired) electrons. The zero-order valence-corrected chi connectivity index (χ0v) is 23.5. The van der Waals surface area contributed by atoms with Crippen molar-refractivity contribution in [1.29, 1.82) is 0 Å². The molecule has 2 aromatic heterocycles.